The first-order valence-corrected chi connectivity index (χ1v) is 3.20. The first-order valence-electron chi connectivity index (χ1n) is 0.478. The van der Waals surface area contributed by atoms with E-state index in [2.05, 4.69) is 0 Å². The van der Waals surface area contributed by atoms with E-state index in [0.717, 1.165) is 0 Å². The van der Waals surface area contributed by atoms with Gasteiger partial charge in [-0.3, -0.25) is 0 Å². The summed E-state index contributed by atoms with van der Waals surface area (Å²) in [5, 5.41) is 0. The zero-order valence-corrected chi connectivity index (χ0v) is 6.80. The molecule has 0 amide bonds. The van der Waals surface area contributed by atoms with Crippen molar-refractivity contribution in [3.63, 3.8) is 0 Å². The van der Waals surface area contributed by atoms with Gasteiger partial charge in [0, 0.05) is 0 Å². The van der Waals surface area contributed by atoms with Crippen molar-refractivity contribution in [2.75, 3.05) is 0 Å². The average Bonchev–Trinajstić information content (AvgIpc) is 0.811. The van der Waals surface area contributed by atoms with Crippen molar-refractivity contribution in [3.8, 4) is 0 Å². The second kappa shape index (κ2) is 59.3. The minimum atomic E-state index is -3.76. The first kappa shape index (κ1) is 76.7. The molecule has 0 fully saturated rings. The Morgan fingerprint density at radius 1 is 0.727 bits per heavy atom. The minimum absolute atomic E-state index is 0. The van der Waals surface area contributed by atoms with Gasteiger partial charge in [-0.15, -0.1) is 0 Å². The monoisotopic (exact) mass is 374 g/mol. The van der Waals surface area contributed by atoms with E-state index < -0.39 is 21.1 Å². The van der Waals surface area contributed by atoms with Crippen molar-refractivity contribution in [1.29, 1.82) is 0 Å². The third kappa shape index (κ3) is 336. The second-order valence-corrected chi connectivity index (χ2v) is 1.35. The maximum absolute atomic E-state index is 8.68. The van der Waals surface area contributed by atoms with Crippen LogP contribution in [0.3, 0.4) is 0 Å². The van der Waals surface area contributed by atoms with Crippen LogP contribution in [0, 0.1) is 0 Å². The molecule has 11 heteroatoms. The Morgan fingerprint density at radius 2 is 0.727 bits per heavy atom. The molecule has 0 rings (SSSR count). The van der Waals surface area contributed by atoms with E-state index in [-0.39, 0.29) is 78.3 Å². The van der Waals surface area contributed by atoms with Gasteiger partial charge in [0.2, 0.25) is 0 Å². The molecule has 0 unspecified atom stereocenters. The fraction of sp³-hybridized carbons (Fsp3) is 0. The van der Waals surface area contributed by atoms with Crippen LogP contribution < -0.4 is 27.9 Å². The van der Waals surface area contributed by atoms with E-state index in [1.165, 1.54) is 0 Å². The Labute approximate surface area is 108 Å². The van der Waals surface area contributed by atoms with Gasteiger partial charge < -0.3 is 39.7 Å². The van der Waals surface area contributed by atoms with Crippen molar-refractivity contribution >= 4 is 45.5 Å². The van der Waals surface area contributed by atoms with Crippen LogP contribution >= 0.6 is 0 Å². The molecular weight excluding hydrogens is 359 g/mol. The molecule has 11 heavy (non-hydrogen) atoms. The molecule has 0 aliphatic heterocycles. The third-order valence-electron chi connectivity index (χ3n) is 0. The summed E-state index contributed by atoms with van der Waals surface area (Å²) < 4.78 is 24.5. The Morgan fingerprint density at radius 3 is 0.727 bits per heavy atom. The molecule has 0 bridgehead atoms. The second-order valence-electron chi connectivity index (χ2n) is 0.201. The summed E-state index contributed by atoms with van der Waals surface area (Å²) in [7, 11) is 0. The third-order valence-corrected chi connectivity index (χ3v) is 0. The van der Waals surface area contributed by atoms with Gasteiger partial charge in [-0.25, -0.2) is 0 Å². The molecule has 0 aromatic heterocycles. The summed E-state index contributed by atoms with van der Waals surface area (Å²) in [6.07, 6.45) is 0. The summed E-state index contributed by atoms with van der Waals surface area (Å²) in [6.45, 7) is 0. The van der Waals surface area contributed by atoms with Gasteiger partial charge in [0.05, 0.1) is 0 Å². The zero-order valence-electron chi connectivity index (χ0n) is 4.64. The van der Waals surface area contributed by atoms with E-state index in [1.807, 2.05) is 0 Å². The molecule has 0 saturated carbocycles. The quantitative estimate of drug-likeness (QED) is 0.320. The Balaban J connectivity index is -0.00000000214. The Hall–Kier alpha value is 1.85. The molecule has 78 valence electrons. The van der Waals surface area contributed by atoms with Gasteiger partial charge in [0.25, 0.3) is 0 Å². The molecule has 0 saturated heterocycles. The molecule has 0 aromatic rings. The predicted molar refractivity (Wildman–Crippen MR) is 32.4 cm³/mol. The van der Waals surface area contributed by atoms with Gasteiger partial charge in [-0.05, 0) is 3.44 Å². The SMILES string of the molecule is O.O.O.O.O.O.[O-][I+2]([O-])O.[SrH2]. The number of hydrogen-bond acceptors (Lipinski definition) is 3. The summed E-state index contributed by atoms with van der Waals surface area (Å²) in [5.74, 6) is 0. The maximum atomic E-state index is 8.68. The van der Waals surface area contributed by atoms with Gasteiger partial charge in [-0.2, -0.15) is 0 Å². The summed E-state index contributed by atoms with van der Waals surface area (Å²) >= 11 is -3.76. The van der Waals surface area contributed by atoms with Gasteiger partial charge in [0.1, 0.15) is 0 Å². The van der Waals surface area contributed by atoms with E-state index in [4.69, 9.17) is 10.3 Å². The molecule has 0 spiro atoms. The van der Waals surface area contributed by atoms with Crippen molar-refractivity contribution < 1.29 is 64.2 Å². The zero-order chi connectivity index (χ0) is 3.58. The first-order chi connectivity index (χ1) is 1.73. The van der Waals surface area contributed by atoms with Crippen molar-refractivity contribution in [2.45, 2.75) is 0 Å². The molecule has 0 aliphatic rings. The van der Waals surface area contributed by atoms with Crippen LogP contribution in [0.5, 0.6) is 0 Å². The summed E-state index contributed by atoms with van der Waals surface area (Å²) in [6, 6.07) is 0. The fourth-order valence-corrected chi connectivity index (χ4v) is 0. The van der Waals surface area contributed by atoms with Crippen LogP contribution in [-0.4, -0.2) is 81.8 Å². The topological polar surface area (TPSA) is 255 Å². The van der Waals surface area contributed by atoms with E-state index in [9.17, 15) is 0 Å². The van der Waals surface area contributed by atoms with E-state index in [1.54, 1.807) is 0 Å². The molecule has 0 atom stereocenters. The van der Waals surface area contributed by atoms with Crippen LogP contribution in [0.4, 0.5) is 0 Å². The molecule has 0 heterocycles. The van der Waals surface area contributed by atoms with E-state index in [0.29, 0.717) is 0 Å². The Bertz CT molecular complexity index is 14.3. The van der Waals surface area contributed by atoms with Gasteiger partial charge >= 0.3 is 66.5 Å². The predicted octanol–water partition coefficient (Wildman–Crippen LogP) is -11.8. The molecular formula is H15IO9Sr. The normalized spacial score (nSPS) is 3.27. The van der Waals surface area contributed by atoms with Gasteiger partial charge in [0.15, 0.2) is 0 Å². The summed E-state index contributed by atoms with van der Waals surface area (Å²) in [5.41, 5.74) is 0. The van der Waals surface area contributed by atoms with Crippen molar-refractivity contribution in [2.24, 2.45) is 0 Å². The molecule has 9 nitrogen and oxygen atoms in total. The molecule has 0 aliphatic carbocycles. The van der Waals surface area contributed by atoms with Crippen LogP contribution in [0.2, 0.25) is 0 Å². The standard InChI is InChI=1S/HIO3.6H2O.Sr.2H/c2-1(3)4;;;;;;;;;/h2H;6*1H2;;;. The van der Waals surface area contributed by atoms with Crippen LogP contribution in [0.1, 0.15) is 0 Å². The summed E-state index contributed by atoms with van der Waals surface area (Å²) in [4.78, 5) is 0. The van der Waals surface area contributed by atoms with Crippen molar-refractivity contribution in [1.82, 2.24) is 0 Å². The number of halogens is 1. The Kier molecular flexibility index (Phi) is 414. The average molecular weight is 374 g/mol. The van der Waals surface area contributed by atoms with Crippen LogP contribution in [0.15, 0.2) is 0 Å². The van der Waals surface area contributed by atoms with Crippen LogP contribution in [-0.2, 0) is 0 Å². The van der Waals surface area contributed by atoms with E-state index >= 15 is 0 Å². The van der Waals surface area contributed by atoms with Gasteiger partial charge in [-0.1, -0.05) is 0 Å². The number of rotatable bonds is 0. The number of hydrogen-bond donors (Lipinski definition) is 1. The fourth-order valence-electron chi connectivity index (χ4n) is 0. The molecule has 13 N–H and O–H groups in total. The molecule has 0 radical (unpaired) electrons. The van der Waals surface area contributed by atoms with Crippen molar-refractivity contribution in [3.05, 3.63) is 0 Å². The molecule has 0 aromatic carbocycles. The van der Waals surface area contributed by atoms with Crippen LogP contribution in [0.25, 0.3) is 0 Å².